The normalized spacial score (nSPS) is 13.0. The standard InChI is InChI=1S/C20H32BrNO5S/c1-6-26-14-18(11-15(2)3)22(20(23)27-13-16(4)5)28(24,25)19-9-7-17(12-21)8-10-19/h7-10,15-16,18H,6,11-14H2,1-5H3. The van der Waals surface area contributed by atoms with Crippen molar-refractivity contribution in [3.8, 4) is 0 Å². The molecular weight excluding hydrogens is 446 g/mol. The fourth-order valence-electron chi connectivity index (χ4n) is 2.64. The molecule has 0 aliphatic carbocycles. The van der Waals surface area contributed by atoms with Gasteiger partial charge in [0.15, 0.2) is 0 Å². The van der Waals surface area contributed by atoms with Crippen LogP contribution in [0.1, 0.15) is 46.6 Å². The lowest BCUT2D eigenvalue weighted by molar-refractivity contribution is 0.0658. The minimum Gasteiger partial charge on any atom is -0.448 e. The van der Waals surface area contributed by atoms with Crippen molar-refractivity contribution in [3.05, 3.63) is 29.8 Å². The number of halogens is 1. The zero-order chi connectivity index (χ0) is 21.3. The molecule has 1 aromatic carbocycles. The van der Waals surface area contributed by atoms with Crippen LogP contribution in [-0.2, 0) is 24.8 Å². The van der Waals surface area contributed by atoms with Crippen molar-refractivity contribution >= 4 is 32.0 Å². The van der Waals surface area contributed by atoms with Crippen LogP contribution in [0.15, 0.2) is 29.2 Å². The number of nitrogens with zero attached hydrogens (tertiary/aromatic N) is 1. The molecular formula is C20H32BrNO5S. The molecule has 1 unspecified atom stereocenters. The van der Waals surface area contributed by atoms with Crippen molar-refractivity contribution in [2.45, 2.75) is 57.3 Å². The summed E-state index contributed by atoms with van der Waals surface area (Å²) in [6, 6.07) is 5.84. The molecule has 0 aliphatic rings. The SMILES string of the molecule is CCOCC(CC(C)C)N(C(=O)OCC(C)C)S(=O)(=O)c1ccc(CBr)cc1. The Morgan fingerprint density at radius 3 is 2.14 bits per heavy atom. The molecule has 0 heterocycles. The van der Waals surface area contributed by atoms with Gasteiger partial charge in [0.25, 0.3) is 10.0 Å². The number of hydrogen-bond donors (Lipinski definition) is 0. The first kappa shape index (κ1) is 24.9. The van der Waals surface area contributed by atoms with E-state index in [4.69, 9.17) is 9.47 Å². The summed E-state index contributed by atoms with van der Waals surface area (Å²) in [5, 5.41) is 0.619. The van der Waals surface area contributed by atoms with Crippen molar-refractivity contribution in [1.82, 2.24) is 4.31 Å². The summed E-state index contributed by atoms with van der Waals surface area (Å²) < 4.78 is 38.4. The van der Waals surface area contributed by atoms with Crippen molar-refractivity contribution in [2.24, 2.45) is 11.8 Å². The highest BCUT2D eigenvalue weighted by Gasteiger charge is 2.37. The minimum atomic E-state index is -4.08. The van der Waals surface area contributed by atoms with Crippen molar-refractivity contribution in [2.75, 3.05) is 19.8 Å². The lowest BCUT2D eigenvalue weighted by atomic mass is 10.0. The minimum absolute atomic E-state index is 0.0592. The van der Waals surface area contributed by atoms with Crippen LogP contribution in [0, 0.1) is 11.8 Å². The highest BCUT2D eigenvalue weighted by molar-refractivity contribution is 9.08. The van der Waals surface area contributed by atoms with Crippen LogP contribution in [0.25, 0.3) is 0 Å². The molecule has 0 N–H and O–H groups in total. The van der Waals surface area contributed by atoms with E-state index in [9.17, 15) is 13.2 Å². The van der Waals surface area contributed by atoms with Crippen LogP contribution in [0.3, 0.4) is 0 Å². The van der Waals surface area contributed by atoms with Gasteiger partial charge in [0.1, 0.15) is 0 Å². The van der Waals surface area contributed by atoms with Gasteiger partial charge in [-0.1, -0.05) is 55.8 Å². The average molecular weight is 478 g/mol. The monoisotopic (exact) mass is 477 g/mol. The van der Waals surface area contributed by atoms with Crippen molar-refractivity contribution in [1.29, 1.82) is 0 Å². The number of sulfonamides is 1. The Hall–Kier alpha value is -1.12. The predicted molar refractivity (Wildman–Crippen MR) is 114 cm³/mol. The Balaban J connectivity index is 3.33. The topological polar surface area (TPSA) is 72.9 Å². The number of alkyl halides is 1. The Bertz CT molecular complexity index is 704. The summed E-state index contributed by atoms with van der Waals surface area (Å²) in [7, 11) is -4.08. The van der Waals surface area contributed by atoms with E-state index in [0.717, 1.165) is 9.87 Å². The molecule has 28 heavy (non-hydrogen) atoms. The predicted octanol–water partition coefficient (Wildman–Crippen LogP) is 4.82. The second-order valence-electron chi connectivity index (χ2n) is 7.49. The molecule has 0 saturated heterocycles. The molecule has 0 radical (unpaired) electrons. The molecule has 1 rings (SSSR count). The maximum atomic E-state index is 13.4. The van der Waals surface area contributed by atoms with Gasteiger partial charge in [-0.2, -0.15) is 4.31 Å². The molecule has 1 atom stereocenters. The third-order valence-corrected chi connectivity index (χ3v) is 6.42. The second kappa shape index (κ2) is 11.8. The van der Waals surface area contributed by atoms with Gasteiger partial charge in [-0.25, -0.2) is 13.2 Å². The number of carbonyl (C=O) groups excluding carboxylic acids is 1. The Kier molecular flexibility index (Phi) is 10.5. The van der Waals surface area contributed by atoms with Gasteiger partial charge < -0.3 is 9.47 Å². The van der Waals surface area contributed by atoms with Crippen LogP contribution in [0.2, 0.25) is 0 Å². The Labute approximate surface area is 177 Å². The molecule has 0 spiro atoms. The fraction of sp³-hybridized carbons (Fsp3) is 0.650. The summed E-state index contributed by atoms with van der Waals surface area (Å²) in [5.41, 5.74) is 0.945. The number of hydrogen-bond acceptors (Lipinski definition) is 5. The van der Waals surface area contributed by atoms with Gasteiger partial charge in [-0.15, -0.1) is 0 Å². The van der Waals surface area contributed by atoms with Gasteiger partial charge in [0.05, 0.1) is 24.2 Å². The maximum Gasteiger partial charge on any atom is 0.424 e. The molecule has 0 fully saturated rings. The summed E-state index contributed by atoms with van der Waals surface area (Å²) in [5.74, 6) is 0.277. The summed E-state index contributed by atoms with van der Waals surface area (Å²) in [6.45, 7) is 10.3. The molecule has 0 aromatic heterocycles. The molecule has 6 nitrogen and oxygen atoms in total. The molecule has 0 saturated carbocycles. The van der Waals surface area contributed by atoms with Crippen LogP contribution >= 0.6 is 15.9 Å². The van der Waals surface area contributed by atoms with E-state index in [1.54, 1.807) is 12.1 Å². The molecule has 1 aromatic rings. The van der Waals surface area contributed by atoms with Crippen LogP contribution < -0.4 is 0 Å². The maximum absolute atomic E-state index is 13.4. The quantitative estimate of drug-likeness (QED) is 0.427. The zero-order valence-corrected chi connectivity index (χ0v) is 19.8. The smallest absolute Gasteiger partial charge is 0.424 e. The first-order valence-corrected chi connectivity index (χ1v) is 12.1. The van der Waals surface area contributed by atoms with Gasteiger partial charge in [-0.05, 0) is 42.9 Å². The van der Waals surface area contributed by atoms with E-state index in [1.807, 2.05) is 34.6 Å². The van der Waals surface area contributed by atoms with E-state index >= 15 is 0 Å². The highest BCUT2D eigenvalue weighted by Crippen LogP contribution is 2.24. The number of benzene rings is 1. The fourth-order valence-corrected chi connectivity index (χ4v) is 4.51. The Morgan fingerprint density at radius 1 is 1.07 bits per heavy atom. The highest BCUT2D eigenvalue weighted by atomic mass is 79.9. The number of carbonyl (C=O) groups is 1. The van der Waals surface area contributed by atoms with E-state index in [1.165, 1.54) is 12.1 Å². The lowest BCUT2D eigenvalue weighted by Crippen LogP contribution is -2.48. The van der Waals surface area contributed by atoms with Gasteiger partial charge in [0.2, 0.25) is 0 Å². The van der Waals surface area contributed by atoms with E-state index in [2.05, 4.69) is 15.9 Å². The summed E-state index contributed by atoms with van der Waals surface area (Å²) in [4.78, 5) is 12.9. The van der Waals surface area contributed by atoms with Gasteiger partial charge >= 0.3 is 6.09 Å². The molecule has 1 amide bonds. The Morgan fingerprint density at radius 2 is 1.68 bits per heavy atom. The van der Waals surface area contributed by atoms with Crippen LogP contribution in [0.4, 0.5) is 4.79 Å². The zero-order valence-electron chi connectivity index (χ0n) is 17.4. The molecule has 160 valence electrons. The average Bonchev–Trinajstić information content (AvgIpc) is 2.63. The van der Waals surface area contributed by atoms with Crippen LogP contribution in [-0.4, -0.2) is 44.7 Å². The number of ether oxygens (including phenoxy) is 2. The van der Waals surface area contributed by atoms with Gasteiger partial charge in [-0.3, -0.25) is 0 Å². The van der Waals surface area contributed by atoms with Crippen molar-refractivity contribution < 1.29 is 22.7 Å². The summed E-state index contributed by atoms with van der Waals surface area (Å²) >= 11 is 3.35. The van der Waals surface area contributed by atoms with Gasteiger partial charge in [0, 0.05) is 11.9 Å². The molecule has 8 heteroatoms. The number of amides is 1. The van der Waals surface area contributed by atoms with E-state index in [0.29, 0.717) is 18.4 Å². The third kappa shape index (κ3) is 7.37. The lowest BCUT2D eigenvalue weighted by Gasteiger charge is -2.31. The third-order valence-electron chi connectivity index (χ3n) is 3.94. The number of rotatable bonds is 11. The van der Waals surface area contributed by atoms with E-state index < -0.39 is 22.2 Å². The first-order chi connectivity index (χ1) is 13.1. The first-order valence-electron chi connectivity index (χ1n) is 9.57. The summed E-state index contributed by atoms with van der Waals surface area (Å²) in [6.07, 6.45) is -0.376. The molecule has 0 aliphatic heterocycles. The van der Waals surface area contributed by atoms with Crippen LogP contribution in [0.5, 0.6) is 0 Å². The second-order valence-corrected chi connectivity index (χ2v) is 9.87. The molecule has 0 bridgehead atoms. The van der Waals surface area contributed by atoms with E-state index in [-0.39, 0.29) is 29.9 Å². The largest absolute Gasteiger partial charge is 0.448 e. The van der Waals surface area contributed by atoms with Crippen molar-refractivity contribution in [3.63, 3.8) is 0 Å².